The van der Waals surface area contributed by atoms with Crippen molar-refractivity contribution >= 4 is 37.3 Å². The molecule has 0 aliphatic heterocycles. The zero-order valence-corrected chi connectivity index (χ0v) is 10.3. The molecule has 0 aliphatic rings. The summed E-state index contributed by atoms with van der Waals surface area (Å²) in [4.78, 5) is 0. The first-order valence-corrected chi connectivity index (χ1v) is 6.99. The Hall–Kier alpha value is -0.0431. The lowest BCUT2D eigenvalue weighted by atomic mass is 10.2. The summed E-state index contributed by atoms with van der Waals surface area (Å²) in [6.07, 6.45) is -4.20. The highest BCUT2D eigenvalue weighted by atomic mass is 127. The molecule has 72 valence electrons. The molecule has 13 heavy (non-hydrogen) atoms. The molecule has 1 rings (SSSR count). The third-order valence-corrected chi connectivity index (χ3v) is 4.46. The SMILES string of the molecule is FC(F)(F)c1cccc([SiH2]CI)c1. The molecule has 0 N–H and O–H groups in total. The van der Waals surface area contributed by atoms with Crippen molar-refractivity contribution in [2.24, 2.45) is 0 Å². The van der Waals surface area contributed by atoms with E-state index in [1.54, 1.807) is 6.07 Å². The van der Waals surface area contributed by atoms with E-state index in [2.05, 4.69) is 22.6 Å². The number of hydrogen-bond donors (Lipinski definition) is 0. The molecular formula is C8H8F3ISi. The first-order chi connectivity index (χ1) is 6.04. The largest absolute Gasteiger partial charge is 0.416 e. The zero-order chi connectivity index (χ0) is 9.90. The van der Waals surface area contributed by atoms with Gasteiger partial charge in [0.15, 0.2) is 0 Å². The molecule has 0 saturated carbocycles. The molecular weight excluding hydrogens is 308 g/mol. The van der Waals surface area contributed by atoms with Gasteiger partial charge in [-0.05, 0) is 4.05 Å². The lowest BCUT2D eigenvalue weighted by Gasteiger charge is -2.07. The van der Waals surface area contributed by atoms with E-state index < -0.39 is 21.3 Å². The van der Waals surface area contributed by atoms with Gasteiger partial charge in [-0.15, -0.1) is 0 Å². The minimum Gasteiger partial charge on any atom is -0.166 e. The minimum absolute atomic E-state index is 0.494. The smallest absolute Gasteiger partial charge is 0.166 e. The Balaban J connectivity index is 2.92. The van der Waals surface area contributed by atoms with E-state index in [-0.39, 0.29) is 0 Å². The van der Waals surface area contributed by atoms with Crippen LogP contribution in [0.4, 0.5) is 13.2 Å². The molecule has 0 spiro atoms. The minimum atomic E-state index is -4.20. The highest BCUT2D eigenvalue weighted by Crippen LogP contribution is 2.27. The molecule has 5 heteroatoms. The second-order valence-corrected chi connectivity index (χ2v) is 7.57. The second-order valence-electron chi connectivity index (χ2n) is 2.64. The number of alkyl halides is 4. The van der Waals surface area contributed by atoms with Crippen molar-refractivity contribution in [3.63, 3.8) is 0 Å². The summed E-state index contributed by atoms with van der Waals surface area (Å²) in [5.74, 6) is 0. The van der Waals surface area contributed by atoms with Crippen LogP contribution in [-0.2, 0) is 6.18 Å². The first-order valence-electron chi connectivity index (χ1n) is 3.76. The van der Waals surface area contributed by atoms with Crippen molar-refractivity contribution in [3.05, 3.63) is 29.8 Å². The Morgan fingerprint density at radius 1 is 1.31 bits per heavy atom. The fourth-order valence-electron chi connectivity index (χ4n) is 1.01. The van der Waals surface area contributed by atoms with Crippen LogP contribution in [0, 0.1) is 0 Å². The lowest BCUT2D eigenvalue weighted by molar-refractivity contribution is -0.137. The molecule has 0 aromatic heterocycles. The van der Waals surface area contributed by atoms with Gasteiger partial charge < -0.3 is 0 Å². The molecule has 0 saturated heterocycles. The first kappa shape index (κ1) is 11.0. The Kier molecular flexibility index (Phi) is 3.78. The van der Waals surface area contributed by atoms with Crippen molar-refractivity contribution in [2.45, 2.75) is 6.18 Å². The predicted octanol–water partition coefficient (Wildman–Crippen LogP) is 1.89. The molecule has 1 aromatic rings. The van der Waals surface area contributed by atoms with Crippen LogP contribution in [0.25, 0.3) is 0 Å². The maximum Gasteiger partial charge on any atom is 0.416 e. The zero-order valence-electron chi connectivity index (χ0n) is 6.74. The predicted molar refractivity (Wildman–Crippen MR) is 58.5 cm³/mol. The molecule has 0 amide bonds. The monoisotopic (exact) mass is 316 g/mol. The van der Waals surface area contributed by atoms with Gasteiger partial charge in [0.05, 0.1) is 15.1 Å². The Morgan fingerprint density at radius 3 is 2.54 bits per heavy atom. The van der Waals surface area contributed by atoms with Gasteiger partial charge in [-0.1, -0.05) is 52.0 Å². The topological polar surface area (TPSA) is 0 Å². The van der Waals surface area contributed by atoms with Crippen LogP contribution in [0.1, 0.15) is 5.56 Å². The standard InChI is InChI=1S/C8H8F3ISi/c9-8(10,11)6-2-1-3-7(4-6)13-5-12/h1-4H,5,13H2. The third kappa shape index (κ3) is 3.30. The Morgan fingerprint density at radius 2 is 2.00 bits per heavy atom. The van der Waals surface area contributed by atoms with Crippen molar-refractivity contribution in [1.82, 2.24) is 0 Å². The van der Waals surface area contributed by atoms with E-state index >= 15 is 0 Å². The Bertz CT molecular complexity index is 285. The summed E-state index contributed by atoms with van der Waals surface area (Å²) in [7, 11) is -0.494. The van der Waals surface area contributed by atoms with E-state index in [1.807, 2.05) is 0 Å². The highest BCUT2D eigenvalue weighted by molar-refractivity contribution is 14.1. The van der Waals surface area contributed by atoms with E-state index in [0.29, 0.717) is 0 Å². The fourth-order valence-corrected chi connectivity index (χ4v) is 3.77. The van der Waals surface area contributed by atoms with E-state index in [1.165, 1.54) is 12.1 Å². The quantitative estimate of drug-likeness (QED) is 0.444. The summed E-state index contributed by atoms with van der Waals surface area (Å²) in [5.41, 5.74) is -0.526. The van der Waals surface area contributed by atoms with Gasteiger partial charge >= 0.3 is 6.18 Å². The molecule has 0 unspecified atom stereocenters. The van der Waals surface area contributed by atoms with Crippen molar-refractivity contribution in [2.75, 3.05) is 4.05 Å². The summed E-state index contributed by atoms with van der Waals surface area (Å²) in [6.45, 7) is 0. The average molecular weight is 316 g/mol. The molecule has 0 nitrogen and oxygen atoms in total. The fraction of sp³-hybridized carbons (Fsp3) is 0.250. The third-order valence-electron chi connectivity index (χ3n) is 1.64. The maximum atomic E-state index is 12.2. The number of benzene rings is 1. The van der Waals surface area contributed by atoms with Crippen LogP contribution in [-0.4, -0.2) is 13.6 Å². The summed E-state index contributed by atoms with van der Waals surface area (Å²) < 4.78 is 37.6. The van der Waals surface area contributed by atoms with Gasteiger partial charge in [0.2, 0.25) is 0 Å². The molecule has 0 heterocycles. The van der Waals surface area contributed by atoms with Crippen LogP contribution >= 0.6 is 22.6 Å². The van der Waals surface area contributed by atoms with Gasteiger partial charge in [0, 0.05) is 0 Å². The average Bonchev–Trinajstić information content (AvgIpc) is 2.04. The highest BCUT2D eigenvalue weighted by Gasteiger charge is 2.30. The molecule has 1 aromatic carbocycles. The van der Waals surface area contributed by atoms with E-state index in [0.717, 1.165) is 15.3 Å². The van der Waals surface area contributed by atoms with Gasteiger partial charge in [0.1, 0.15) is 0 Å². The van der Waals surface area contributed by atoms with Gasteiger partial charge in [-0.2, -0.15) is 13.2 Å². The summed E-state index contributed by atoms with van der Waals surface area (Å²) in [6, 6.07) is 5.65. The van der Waals surface area contributed by atoms with Crippen LogP contribution in [0.5, 0.6) is 0 Å². The van der Waals surface area contributed by atoms with Crippen LogP contribution in [0.3, 0.4) is 0 Å². The van der Waals surface area contributed by atoms with Crippen LogP contribution < -0.4 is 5.19 Å². The van der Waals surface area contributed by atoms with E-state index in [9.17, 15) is 13.2 Å². The molecule has 0 bridgehead atoms. The van der Waals surface area contributed by atoms with E-state index in [4.69, 9.17) is 0 Å². The molecule has 0 radical (unpaired) electrons. The van der Waals surface area contributed by atoms with Crippen molar-refractivity contribution in [3.8, 4) is 0 Å². The Labute approximate surface area is 90.5 Å². The molecule has 0 aliphatic carbocycles. The van der Waals surface area contributed by atoms with Crippen molar-refractivity contribution in [1.29, 1.82) is 0 Å². The second kappa shape index (κ2) is 4.45. The number of rotatable bonds is 2. The van der Waals surface area contributed by atoms with Crippen molar-refractivity contribution < 1.29 is 13.2 Å². The number of hydrogen-bond acceptors (Lipinski definition) is 0. The molecule has 0 fully saturated rings. The lowest BCUT2D eigenvalue weighted by Crippen LogP contribution is -2.18. The normalized spacial score (nSPS) is 12.6. The summed E-state index contributed by atoms with van der Waals surface area (Å²) >= 11 is 2.20. The van der Waals surface area contributed by atoms with Crippen LogP contribution in [0.2, 0.25) is 0 Å². The summed E-state index contributed by atoms with van der Waals surface area (Å²) in [5, 5.41) is 0.879. The van der Waals surface area contributed by atoms with Gasteiger partial charge in [-0.3, -0.25) is 0 Å². The molecule has 0 atom stereocenters. The van der Waals surface area contributed by atoms with Gasteiger partial charge in [-0.25, -0.2) is 0 Å². The maximum absolute atomic E-state index is 12.2. The number of halogens is 4. The van der Waals surface area contributed by atoms with Gasteiger partial charge in [0.25, 0.3) is 0 Å². The van der Waals surface area contributed by atoms with Crippen LogP contribution in [0.15, 0.2) is 24.3 Å².